The zero-order valence-electron chi connectivity index (χ0n) is 16.0. The summed E-state index contributed by atoms with van der Waals surface area (Å²) in [5.74, 6) is 0.457. The number of imidazole rings is 1. The number of aromatic nitrogens is 6. The summed E-state index contributed by atoms with van der Waals surface area (Å²) in [6.45, 7) is 4.12. The van der Waals surface area contributed by atoms with Gasteiger partial charge in [-0.3, -0.25) is 18.5 Å². The van der Waals surface area contributed by atoms with Crippen molar-refractivity contribution in [3.05, 3.63) is 73.1 Å². The van der Waals surface area contributed by atoms with Crippen LogP contribution in [0.25, 0.3) is 17.1 Å². The second-order valence-corrected chi connectivity index (χ2v) is 7.21. The lowest BCUT2D eigenvalue weighted by Gasteiger charge is -2.11. The summed E-state index contributed by atoms with van der Waals surface area (Å²) >= 11 is 6.36. The molecule has 0 aliphatic rings. The van der Waals surface area contributed by atoms with Crippen LogP contribution in [0.1, 0.15) is 17.0 Å². The minimum Gasteiger partial charge on any atom is -0.298 e. The van der Waals surface area contributed by atoms with E-state index in [2.05, 4.69) is 10.1 Å². The Labute approximate surface area is 165 Å². The van der Waals surface area contributed by atoms with Crippen molar-refractivity contribution in [3.8, 4) is 5.95 Å². The van der Waals surface area contributed by atoms with Gasteiger partial charge in [-0.2, -0.15) is 10.1 Å². The quantitative estimate of drug-likeness (QED) is 0.528. The summed E-state index contributed by atoms with van der Waals surface area (Å²) in [6, 6.07) is 9.36. The van der Waals surface area contributed by atoms with E-state index in [1.807, 2.05) is 38.1 Å². The first-order valence-electron chi connectivity index (χ1n) is 8.73. The van der Waals surface area contributed by atoms with Crippen molar-refractivity contribution in [2.75, 3.05) is 0 Å². The SMILES string of the molecule is Cc1cc(C)n(-c2nc3c(c(=O)n(C)c(=O)n3C)n2Cc2ccccc2Cl)n1. The lowest BCUT2D eigenvalue weighted by Crippen LogP contribution is -2.37. The Balaban J connectivity index is 2.11. The number of rotatable bonds is 3. The predicted octanol–water partition coefficient (Wildman–Crippen LogP) is 1.94. The average molecular weight is 399 g/mol. The molecule has 0 fully saturated rings. The molecular weight excluding hydrogens is 380 g/mol. The van der Waals surface area contributed by atoms with Crippen LogP contribution in [-0.4, -0.2) is 28.5 Å². The van der Waals surface area contributed by atoms with E-state index in [1.165, 1.54) is 11.6 Å². The summed E-state index contributed by atoms with van der Waals surface area (Å²) in [5, 5.41) is 5.10. The van der Waals surface area contributed by atoms with Crippen LogP contribution in [0.3, 0.4) is 0 Å². The summed E-state index contributed by atoms with van der Waals surface area (Å²) in [7, 11) is 3.06. The van der Waals surface area contributed by atoms with Crippen molar-refractivity contribution >= 4 is 22.8 Å². The van der Waals surface area contributed by atoms with Gasteiger partial charge in [-0.05, 0) is 31.5 Å². The third-order valence-corrected chi connectivity index (χ3v) is 5.18. The number of hydrogen-bond acceptors (Lipinski definition) is 4. The van der Waals surface area contributed by atoms with Crippen LogP contribution < -0.4 is 11.2 Å². The highest BCUT2D eigenvalue weighted by molar-refractivity contribution is 6.31. The summed E-state index contributed by atoms with van der Waals surface area (Å²) in [4.78, 5) is 30.0. The molecule has 4 aromatic rings. The van der Waals surface area contributed by atoms with Crippen molar-refractivity contribution in [2.24, 2.45) is 14.1 Å². The number of halogens is 1. The van der Waals surface area contributed by atoms with Gasteiger partial charge in [0.15, 0.2) is 11.2 Å². The lowest BCUT2D eigenvalue weighted by molar-refractivity contribution is 0.691. The standard InChI is InChI=1S/C19H19ClN6O2/c1-11-9-12(2)26(22-11)18-21-16-15(17(27)24(4)19(28)23(16)3)25(18)10-13-7-5-6-8-14(13)20/h5-9H,10H2,1-4H3. The zero-order chi connectivity index (χ0) is 20.2. The molecule has 0 saturated carbocycles. The normalized spacial score (nSPS) is 11.5. The largest absolute Gasteiger partial charge is 0.332 e. The fraction of sp³-hybridized carbons (Fsp3) is 0.263. The molecule has 4 rings (SSSR count). The molecule has 0 N–H and O–H groups in total. The minimum atomic E-state index is -0.431. The third-order valence-electron chi connectivity index (χ3n) is 4.81. The minimum absolute atomic E-state index is 0.308. The van der Waals surface area contributed by atoms with Gasteiger partial charge >= 0.3 is 5.69 Å². The van der Waals surface area contributed by atoms with Crippen LogP contribution in [0.2, 0.25) is 5.02 Å². The summed E-state index contributed by atoms with van der Waals surface area (Å²) in [5.41, 5.74) is 2.33. The van der Waals surface area contributed by atoms with Crippen molar-refractivity contribution < 1.29 is 0 Å². The van der Waals surface area contributed by atoms with Gasteiger partial charge in [0.25, 0.3) is 5.56 Å². The number of hydrogen-bond donors (Lipinski definition) is 0. The van der Waals surface area contributed by atoms with Gasteiger partial charge in [0.05, 0.1) is 12.2 Å². The van der Waals surface area contributed by atoms with Crippen molar-refractivity contribution in [3.63, 3.8) is 0 Å². The smallest absolute Gasteiger partial charge is 0.298 e. The monoisotopic (exact) mass is 398 g/mol. The van der Waals surface area contributed by atoms with Crippen molar-refractivity contribution in [1.82, 2.24) is 28.5 Å². The van der Waals surface area contributed by atoms with Crippen LogP contribution in [0.15, 0.2) is 39.9 Å². The number of benzene rings is 1. The van der Waals surface area contributed by atoms with Crippen molar-refractivity contribution in [1.29, 1.82) is 0 Å². The van der Waals surface area contributed by atoms with Crippen LogP contribution >= 0.6 is 11.6 Å². The molecule has 28 heavy (non-hydrogen) atoms. The molecule has 0 radical (unpaired) electrons. The van der Waals surface area contributed by atoms with Crippen LogP contribution in [0, 0.1) is 13.8 Å². The molecule has 144 valence electrons. The third kappa shape index (κ3) is 2.68. The van der Waals surface area contributed by atoms with Crippen LogP contribution in [0.4, 0.5) is 0 Å². The average Bonchev–Trinajstić information content (AvgIpc) is 3.19. The van der Waals surface area contributed by atoms with Crippen LogP contribution in [0.5, 0.6) is 0 Å². The molecule has 0 atom stereocenters. The molecule has 0 aliphatic heterocycles. The Morgan fingerprint density at radius 1 is 1.07 bits per heavy atom. The first-order valence-corrected chi connectivity index (χ1v) is 9.10. The molecule has 0 saturated heterocycles. The molecule has 0 bridgehead atoms. The highest BCUT2D eigenvalue weighted by Gasteiger charge is 2.22. The first kappa shape index (κ1) is 18.2. The molecule has 0 spiro atoms. The van der Waals surface area contributed by atoms with E-state index >= 15 is 0 Å². The Morgan fingerprint density at radius 2 is 1.79 bits per heavy atom. The Bertz CT molecular complexity index is 1340. The highest BCUT2D eigenvalue weighted by Crippen LogP contribution is 2.22. The van der Waals surface area contributed by atoms with Gasteiger partial charge in [-0.25, -0.2) is 9.48 Å². The second kappa shape index (κ2) is 6.49. The van der Waals surface area contributed by atoms with Gasteiger partial charge in [-0.15, -0.1) is 0 Å². The maximum atomic E-state index is 13.0. The summed E-state index contributed by atoms with van der Waals surface area (Å²) in [6.07, 6.45) is 0. The van der Waals surface area contributed by atoms with Gasteiger partial charge < -0.3 is 0 Å². The van der Waals surface area contributed by atoms with E-state index in [0.29, 0.717) is 28.7 Å². The van der Waals surface area contributed by atoms with E-state index in [9.17, 15) is 9.59 Å². The van der Waals surface area contributed by atoms with E-state index in [4.69, 9.17) is 11.6 Å². The molecular formula is C19H19ClN6O2. The van der Waals surface area contributed by atoms with Crippen LogP contribution in [-0.2, 0) is 20.6 Å². The highest BCUT2D eigenvalue weighted by atomic mass is 35.5. The first-order chi connectivity index (χ1) is 13.3. The second-order valence-electron chi connectivity index (χ2n) is 6.81. The van der Waals surface area contributed by atoms with Crippen molar-refractivity contribution in [2.45, 2.75) is 20.4 Å². The molecule has 1 aromatic carbocycles. The Kier molecular flexibility index (Phi) is 4.23. The lowest BCUT2D eigenvalue weighted by atomic mass is 10.2. The fourth-order valence-corrected chi connectivity index (χ4v) is 3.57. The molecule has 8 nitrogen and oxygen atoms in total. The number of fused-ring (bicyclic) bond motifs is 1. The molecule has 3 aromatic heterocycles. The molecule has 9 heteroatoms. The van der Waals surface area contributed by atoms with Gasteiger partial charge in [-0.1, -0.05) is 29.8 Å². The maximum Gasteiger partial charge on any atom is 0.332 e. The molecule has 0 aliphatic carbocycles. The Hall–Kier alpha value is -3.13. The number of aryl methyl sites for hydroxylation is 3. The molecule has 0 amide bonds. The van der Waals surface area contributed by atoms with E-state index in [1.54, 1.807) is 22.4 Å². The van der Waals surface area contributed by atoms with E-state index in [-0.39, 0.29) is 0 Å². The zero-order valence-corrected chi connectivity index (χ0v) is 16.7. The Morgan fingerprint density at radius 3 is 2.43 bits per heavy atom. The summed E-state index contributed by atoms with van der Waals surface area (Å²) < 4.78 is 5.89. The fourth-order valence-electron chi connectivity index (χ4n) is 3.37. The maximum absolute atomic E-state index is 13.0. The van der Waals surface area contributed by atoms with Gasteiger partial charge in [0, 0.05) is 24.8 Å². The predicted molar refractivity (Wildman–Crippen MR) is 107 cm³/mol. The van der Waals surface area contributed by atoms with Gasteiger partial charge in [0.1, 0.15) is 0 Å². The molecule has 3 heterocycles. The van der Waals surface area contributed by atoms with E-state index < -0.39 is 11.2 Å². The topological polar surface area (TPSA) is 79.6 Å². The van der Waals surface area contributed by atoms with E-state index in [0.717, 1.165) is 21.5 Å². The molecule has 0 unspecified atom stereocenters. The number of nitrogens with zero attached hydrogens (tertiary/aromatic N) is 6. The van der Waals surface area contributed by atoms with Gasteiger partial charge in [0.2, 0.25) is 5.95 Å².